The number of benzene rings is 1. The van der Waals surface area contributed by atoms with E-state index in [1.54, 1.807) is 16.0 Å². The van der Waals surface area contributed by atoms with Crippen molar-refractivity contribution in [3.05, 3.63) is 53.0 Å². The Bertz CT molecular complexity index is 752. The fraction of sp³-hybridized carbons (Fsp3) is 0.294. The predicted octanol–water partition coefficient (Wildman–Crippen LogP) is 3.79. The molecule has 0 bridgehead atoms. The van der Waals surface area contributed by atoms with Gasteiger partial charge in [-0.2, -0.15) is 0 Å². The van der Waals surface area contributed by atoms with Gasteiger partial charge in [0.1, 0.15) is 11.4 Å². The van der Waals surface area contributed by atoms with Crippen molar-refractivity contribution in [3.8, 4) is 16.3 Å². The number of hydrogen-bond donors (Lipinski definition) is 1. The Hall–Kier alpha value is -1.98. The minimum absolute atomic E-state index is 0.118. The molecule has 3 rings (SSSR count). The lowest BCUT2D eigenvalue weighted by Gasteiger charge is -2.19. The first kappa shape index (κ1) is 14.9. The Balaban J connectivity index is 2.08. The molecule has 22 heavy (non-hydrogen) atoms. The van der Waals surface area contributed by atoms with E-state index in [-0.39, 0.29) is 12.0 Å². The van der Waals surface area contributed by atoms with Crippen LogP contribution in [0.5, 0.6) is 0 Å². The van der Waals surface area contributed by atoms with E-state index in [1.165, 1.54) is 5.56 Å². The topological polar surface area (TPSA) is 50.9 Å². The number of aliphatic hydroxyl groups is 1. The van der Waals surface area contributed by atoms with Gasteiger partial charge < -0.3 is 5.11 Å². The molecule has 2 heterocycles. The molecule has 1 aromatic carbocycles. The molecule has 4 nitrogen and oxygen atoms in total. The molecule has 0 saturated heterocycles. The zero-order chi connectivity index (χ0) is 15.7. The van der Waals surface area contributed by atoms with Gasteiger partial charge >= 0.3 is 0 Å². The summed E-state index contributed by atoms with van der Waals surface area (Å²) >= 11 is 1.61. The Kier molecular flexibility index (Phi) is 3.85. The van der Waals surface area contributed by atoms with E-state index in [0.29, 0.717) is 5.69 Å². The monoisotopic (exact) mass is 313 g/mol. The summed E-state index contributed by atoms with van der Waals surface area (Å²) in [6.07, 6.45) is 0. The first-order chi connectivity index (χ1) is 10.5. The third-order valence-electron chi connectivity index (χ3n) is 3.62. The zero-order valence-electron chi connectivity index (χ0n) is 12.9. The Labute approximate surface area is 134 Å². The summed E-state index contributed by atoms with van der Waals surface area (Å²) in [6.45, 7) is 6.46. The molecule has 0 fully saturated rings. The minimum atomic E-state index is -0.118. The van der Waals surface area contributed by atoms with E-state index in [1.807, 2.05) is 29.6 Å². The van der Waals surface area contributed by atoms with Crippen molar-refractivity contribution in [3.63, 3.8) is 0 Å². The SMILES string of the molecule is CC(C)(C)c1ccc(-n2nnc(CO)c2-c2cccs2)cc1. The minimum Gasteiger partial charge on any atom is -0.390 e. The Morgan fingerprint density at radius 3 is 2.41 bits per heavy atom. The maximum atomic E-state index is 9.52. The quantitative estimate of drug-likeness (QED) is 0.800. The number of aliphatic hydroxyl groups excluding tert-OH is 1. The first-order valence-corrected chi connectivity index (χ1v) is 8.09. The molecule has 0 saturated carbocycles. The fourth-order valence-corrected chi connectivity index (χ4v) is 3.14. The number of thiophene rings is 1. The molecule has 114 valence electrons. The lowest BCUT2D eigenvalue weighted by molar-refractivity contribution is 0.277. The summed E-state index contributed by atoms with van der Waals surface area (Å²) in [6, 6.07) is 12.3. The van der Waals surface area contributed by atoms with Crippen LogP contribution in [-0.4, -0.2) is 20.1 Å². The van der Waals surface area contributed by atoms with E-state index in [2.05, 4.69) is 43.2 Å². The van der Waals surface area contributed by atoms with E-state index in [0.717, 1.165) is 16.3 Å². The fourth-order valence-electron chi connectivity index (χ4n) is 2.36. The second-order valence-corrected chi connectivity index (χ2v) is 7.18. The average molecular weight is 313 g/mol. The van der Waals surface area contributed by atoms with Crippen LogP contribution in [-0.2, 0) is 12.0 Å². The molecule has 3 aromatic rings. The van der Waals surface area contributed by atoms with Crippen LogP contribution in [0.15, 0.2) is 41.8 Å². The molecule has 0 spiro atoms. The van der Waals surface area contributed by atoms with Gasteiger partial charge in [-0.05, 0) is 34.6 Å². The van der Waals surface area contributed by atoms with Gasteiger partial charge in [0.2, 0.25) is 0 Å². The lowest BCUT2D eigenvalue weighted by Crippen LogP contribution is -2.11. The van der Waals surface area contributed by atoms with Crippen molar-refractivity contribution in [2.45, 2.75) is 32.8 Å². The first-order valence-electron chi connectivity index (χ1n) is 7.21. The Morgan fingerprint density at radius 1 is 1.14 bits per heavy atom. The summed E-state index contributed by atoms with van der Waals surface area (Å²) in [5.41, 5.74) is 3.80. The molecule has 5 heteroatoms. The summed E-state index contributed by atoms with van der Waals surface area (Å²) in [5, 5.41) is 19.9. The van der Waals surface area contributed by atoms with Gasteiger partial charge in [0.15, 0.2) is 0 Å². The van der Waals surface area contributed by atoms with Crippen LogP contribution >= 0.6 is 11.3 Å². The van der Waals surface area contributed by atoms with E-state index < -0.39 is 0 Å². The predicted molar refractivity (Wildman–Crippen MR) is 89.3 cm³/mol. The van der Waals surface area contributed by atoms with Gasteiger partial charge in [-0.1, -0.05) is 44.2 Å². The van der Waals surface area contributed by atoms with Crippen molar-refractivity contribution in [1.82, 2.24) is 15.0 Å². The highest BCUT2D eigenvalue weighted by molar-refractivity contribution is 7.13. The second kappa shape index (κ2) is 5.66. The number of rotatable bonds is 3. The molecule has 0 aliphatic rings. The van der Waals surface area contributed by atoms with Crippen LogP contribution in [0.4, 0.5) is 0 Å². The maximum absolute atomic E-state index is 9.52. The van der Waals surface area contributed by atoms with Crippen LogP contribution < -0.4 is 0 Å². The standard InChI is InChI=1S/C17H19N3OS/c1-17(2,3)12-6-8-13(9-7-12)20-16(14(11-21)18-19-20)15-5-4-10-22-15/h4-10,21H,11H2,1-3H3. The highest BCUT2D eigenvalue weighted by Crippen LogP contribution is 2.30. The highest BCUT2D eigenvalue weighted by atomic mass is 32.1. The number of aromatic nitrogens is 3. The van der Waals surface area contributed by atoms with Crippen molar-refractivity contribution in [2.24, 2.45) is 0 Å². The maximum Gasteiger partial charge on any atom is 0.117 e. The molecule has 0 unspecified atom stereocenters. The molecule has 0 aliphatic carbocycles. The smallest absolute Gasteiger partial charge is 0.117 e. The van der Waals surface area contributed by atoms with Crippen LogP contribution in [0.1, 0.15) is 32.0 Å². The van der Waals surface area contributed by atoms with Gasteiger partial charge in [-0.3, -0.25) is 0 Å². The van der Waals surface area contributed by atoms with Gasteiger partial charge in [0.25, 0.3) is 0 Å². The van der Waals surface area contributed by atoms with Crippen molar-refractivity contribution >= 4 is 11.3 Å². The van der Waals surface area contributed by atoms with Crippen molar-refractivity contribution in [2.75, 3.05) is 0 Å². The van der Waals surface area contributed by atoms with Crippen LogP contribution in [0.2, 0.25) is 0 Å². The number of hydrogen-bond acceptors (Lipinski definition) is 4. The summed E-state index contributed by atoms with van der Waals surface area (Å²) in [7, 11) is 0. The summed E-state index contributed by atoms with van der Waals surface area (Å²) in [5.74, 6) is 0. The molecular formula is C17H19N3OS. The van der Waals surface area contributed by atoms with E-state index in [4.69, 9.17) is 0 Å². The third-order valence-corrected chi connectivity index (χ3v) is 4.50. The van der Waals surface area contributed by atoms with Gasteiger partial charge in [-0.25, -0.2) is 4.68 Å². The van der Waals surface area contributed by atoms with Gasteiger partial charge in [0.05, 0.1) is 17.2 Å². The summed E-state index contributed by atoms with van der Waals surface area (Å²) in [4.78, 5) is 1.05. The summed E-state index contributed by atoms with van der Waals surface area (Å²) < 4.78 is 1.80. The molecule has 0 radical (unpaired) electrons. The lowest BCUT2D eigenvalue weighted by atomic mass is 9.87. The largest absolute Gasteiger partial charge is 0.390 e. The molecule has 0 aliphatic heterocycles. The van der Waals surface area contributed by atoms with E-state index >= 15 is 0 Å². The van der Waals surface area contributed by atoms with Crippen molar-refractivity contribution in [1.29, 1.82) is 0 Å². The zero-order valence-corrected chi connectivity index (χ0v) is 13.8. The molecule has 1 N–H and O–H groups in total. The van der Waals surface area contributed by atoms with Gasteiger partial charge in [0, 0.05) is 0 Å². The van der Waals surface area contributed by atoms with Gasteiger partial charge in [-0.15, -0.1) is 16.4 Å². The second-order valence-electron chi connectivity index (χ2n) is 6.23. The highest BCUT2D eigenvalue weighted by Gasteiger charge is 2.18. The number of nitrogens with zero attached hydrogens (tertiary/aromatic N) is 3. The van der Waals surface area contributed by atoms with Crippen molar-refractivity contribution < 1.29 is 5.11 Å². The molecule has 0 atom stereocenters. The Morgan fingerprint density at radius 2 is 1.86 bits per heavy atom. The van der Waals surface area contributed by atoms with Crippen LogP contribution in [0.25, 0.3) is 16.3 Å². The molecular weight excluding hydrogens is 294 g/mol. The van der Waals surface area contributed by atoms with Crippen LogP contribution in [0.3, 0.4) is 0 Å². The average Bonchev–Trinajstić information content (AvgIpc) is 3.15. The molecule has 0 amide bonds. The van der Waals surface area contributed by atoms with Crippen LogP contribution in [0, 0.1) is 0 Å². The third kappa shape index (κ3) is 2.69. The molecule has 2 aromatic heterocycles. The van der Waals surface area contributed by atoms with E-state index in [9.17, 15) is 5.11 Å². The normalized spacial score (nSPS) is 11.8.